The number of nitrogens with one attached hydrogen (secondary N) is 1. The summed E-state index contributed by atoms with van der Waals surface area (Å²) in [5.74, 6) is 0.127. The van der Waals surface area contributed by atoms with Gasteiger partial charge in [0.25, 0.3) is 0 Å². The molecule has 1 aromatic rings. The maximum absolute atomic E-state index is 12.5. The molecule has 1 saturated heterocycles. The van der Waals surface area contributed by atoms with Crippen LogP contribution in [0.25, 0.3) is 0 Å². The summed E-state index contributed by atoms with van der Waals surface area (Å²) in [6.07, 6.45) is 2.04. The Morgan fingerprint density at radius 1 is 1.30 bits per heavy atom. The predicted molar refractivity (Wildman–Crippen MR) is 77.6 cm³/mol. The van der Waals surface area contributed by atoms with Gasteiger partial charge in [-0.2, -0.15) is 0 Å². The lowest BCUT2D eigenvalue weighted by molar-refractivity contribution is -0.124. The summed E-state index contributed by atoms with van der Waals surface area (Å²) in [6, 6.07) is 7.11. The lowest BCUT2D eigenvalue weighted by atomic mass is 9.94. The SMILES string of the molecule is O=C(NC1CCS(=O)(=O)C1)C1(c2ccccc2Cl)CC1. The van der Waals surface area contributed by atoms with Crippen molar-refractivity contribution >= 4 is 27.3 Å². The Morgan fingerprint density at radius 2 is 2.00 bits per heavy atom. The van der Waals surface area contributed by atoms with Crippen LogP contribution in [0.3, 0.4) is 0 Å². The van der Waals surface area contributed by atoms with Crippen LogP contribution < -0.4 is 5.32 Å². The molecule has 2 fully saturated rings. The van der Waals surface area contributed by atoms with Crippen LogP contribution in [-0.4, -0.2) is 31.9 Å². The zero-order chi connectivity index (χ0) is 14.4. The van der Waals surface area contributed by atoms with E-state index in [1.165, 1.54) is 0 Å². The average molecular weight is 314 g/mol. The van der Waals surface area contributed by atoms with Crippen molar-refractivity contribution < 1.29 is 13.2 Å². The summed E-state index contributed by atoms with van der Waals surface area (Å²) in [5.41, 5.74) is 0.296. The fourth-order valence-electron chi connectivity index (χ4n) is 2.83. The summed E-state index contributed by atoms with van der Waals surface area (Å²) in [6.45, 7) is 0. The van der Waals surface area contributed by atoms with Crippen molar-refractivity contribution in [2.24, 2.45) is 0 Å². The fraction of sp³-hybridized carbons (Fsp3) is 0.500. The highest BCUT2D eigenvalue weighted by Gasteiger charge is 2.52. The minimum absolute atomic E-state index is 0.0529. The molecule has 1 aliphatic carbocycles. The van der Waals surface area contributed by atoms with Gasteiger partial charge in [0.15, 0.2) is 9.84 Å². The van der Waals surface area contributed by atoms with Gasteiger partial charge in [-0.15, -0.1) is 0 Å². The molecule has 1 N–H and O–H groups in total. The van der Waals surface area contributed by atoms with Gasteiger partial charge in [0.1, 0.15) is 0 Å². The summed E-state index contributed by atoms with van der Waals surface area (Å²) in [4.78, 5) is 12.5. The van der Waals surface area contributed by atoms with Crippen LogP contribution in [0.4, 0.5) is 0 Å². The van der Waals surface area contributed by atoms with Gasteiger partial charge in [-0.25, -0.2) is 8.42 Å². The molecule has 1 atom stereocenters. The topological polar surface area (TPSA) is 63.2 Å². The van der Waals surface area contributed by atoms with Crippen LogP contribution in [0.2, 0.25) is 5.02 Å². The van der Waals surface area contributed by atoms with Crippen molar-refractivity contribution in [3.63, 3.8) is 0 Å². The minimum Gasteiger partial charge on any atom is -0.352 e. The number of carbonyl (C=O) groups is 1. The number of hydrogen-bond acceptors (Lipinski definition) is 3. The molecular weight excluding hydrogens is 298 g/mol. The van der Waals surface area contributed by atoms with E-state index in [0.29, 0.717) is 11.4 Å². The molecule has 6 heteroatoms. The Labute approximate surface area is 123 Å². The molecule has 1 saturated carbocycles. The normalized spacial score (nSPS) is 26.1. The van der Waals surface area contributed by atoms with Gasteiger partial charge >= 0.3 is 0 Å². The molecule has 0 aromatic heterocycles. The van der Waals surface area contributed by atoms with E-state index in [2.05, 4.69) is 5.32 Å². The van der Waals surface area contributed by atoms with Gasteiger partial charge in [-0.05, 0) is 30.9 Å². The van der Waals surface area contributed by atoms with Gasteiger partial charge in [0.2, 0.25) is 5.91 Å². The van der Waals surface area contributed by atoms with E-state index in [1.54, 1.807) is 6.07 Å². The van der Waals surface area contributed by atoms with Crippen molar-refractivity contribution in [2.75, 3.05) is 11.5 Å². The first-order valence-corrected chi connectivity index (χ1v) is 8.89. The molecule has 1 aromatic carbocycles. The first-order chi connectivity index (χ1) is 9.43. The molecule has 0 spiro atoms. The molecule has 2 aliphatic rings. The van der Waals surface area contributed by atoms with Gasteiger partial charge in [0, 0.05) is 11.1 Å². The Kier molecular flexibility index (Phi) is 3.29. The van der Waals surface area contributed by atoms with E-state index in [4.69, 9.17) is 11.6 Å². The molecular formula is C14H16ClNO3S. The largest absolute Gasteiger partial charge is 0.352 e. The van der Waals surface area contributed by atoms with Crippen LogP contribution in [0, 0.1) is 0 Å². The molecule has 0 bridgehead atoms. The molecule has 4 nitrogen and oxygen atoms in total. The van der Waals surface area contributed by atoms with E-state index < -0.39 is 15.3 Å². The number of amides is 1. The van der Waals surface area contributed by atoms with Crippen molar-refractivity contribution in [3.8, 4) is 0 Å². The predicted octanol–water partition coefficient (Wildman–Crippen LogP) is 1.67. The smallest absolute Gasteiger partial charge is 0.230 e. The van der Waals surface area contributed by atoms with Gasteiger partial charge in [-0.3, -0.25) is 4.79 Å². The standard InChI is InChI=1S/C14H16ClNO3S/c15-12-4-2-1-3-11(12)14(6-7-14)13(17)16-10-5-8-20(18,19)9-10/h1-4,10H,5-9H2,(H,16,17). The molecule has 1 amide bonds. The summed E-state index contributed by atoms with van der Waals surface area (Å²) < 4.78 is 22.9. The minimum atomic E-state index is -2.98. The Morgan fingerprint density at radius 3 is 2.55 bits per heavy atom. The maximum atomic E-state index is 12.5. The van der Waals surface area contributed by atoms with Gasteiger partial charge in [-0.1, -0.05) is 29.8 Å². The third-order valence-electron chi connectivity index (χ3n) is 4.14. The summed E-state index contributed by atoms with van der Waals surface area (Å²) in [7, 11) is -2.98. The number of rotatable bonds is 3. The Balaban J connectivity index is 1.76. The third-order valence-corrected chi connectivity index (χ3v) is 6.24. The second-order valence-electron chi connectivity index (χ2n) is 5.64. The van der Waals surface area contributed by atoms with Crippen LogP contribution in [-0.2, 0) is 20.0 Å². The number of sulfone groups is 1. The van der Waals surface area contributed by atoms with E-state index in [1.807, 2.05) is 18.2 Å². The number of carbonyl (C=O) groups excluding carboxylic acids is 1. The van der Waals surface area contributed by atoms with Crippen molar-refractivity contribution in [1.82, 2.24) is 5.32 Å². The number of hydrogen-bond donors (Lipinski definition) is 1. The van der Waals surface area contributed by atoms with Crippen LogP contribution in [0.5, 0.6) is 0 Å². The lowest BCUT2D eigenvalue weighted by Crippen LogP contribution is -2.42. The van der Waals surface area contributed by atoms with Crippen LogP contribution >= 0.6 is 11.6 Å². The van der Waals surface area contributed by atoms with Gasteiger partial charge in [0.05, 0.1) is 16.9 Å². The van der Waals surface area contributed by atoms with Crippen LogP contribution in [0.15, 0.2) is 24.3 Å². The highest BCUT2D eigenvalue weighted by Crippen LogP contribution is 2.50. The third kappa shape index (κ3) is 2.44. The molecule has 108 valence electrons. The number of benzene rings is 1. The molecule has 0 radical (unpaired) electrons. The zero-order valence-electron chi connectivity index (χ0n) is 10.9. The van der Waals surface area contributed by atoms with E-state index in [9.17, 15) is 13.2 Å². The molecule has 3 rings (SSSR count). The second-order valence-corrected chi connectivity index (χ2v) is 8.27. The monoisotopic (exact) mass is 313 g/mol. The van der Waals surface area contributed by atoms with Crippen molar-refractivity contribution in [2.45, 2.75) is 30.7 Å². The Bertz CT molecular complexity index is 652. The van der Waals surface area contributed by atoms with E-state index >= 15 is 0 Å². The van der Waals surface area contributed by atoms with Crippen molar-refractivity contribution in [1.29, 1.82) is 0 Å². The van der Waals surface area contributed by atoms with Gasteiger partial charge < -0.3 is 5.32 Å². The zero-order valence-corrected chi connectivity index (χ0v) is 12.5. The second kappa shape index (κ2) is 4.74. The summed E-state index contributed by atoms with van der Waals surface area (Å²) >= 11 is 6.18. The molecule has 1 aliphatic heterocycles. The maximum Gasteiger partial charge on any atom is 0.230 e. The number of halogens is 1. The first-order valence-electron chi connectivity index (χ1n) is 6.69. The quantitative estimate of drug-likeness (QED) is 0.923. The van der Waals surface area contributed by atoms with Crippen LogP contribution in [0.1, 0.15) is 24.8 Å². The van der Waals surface area contributed by atoms with E-state index in [0.717, 1.165) is 18.4 Å². The molecule has 1 heterocycles. The van der Waals surface area contributed by atoms with E-state index in [-0.39, 0.29) is 23.5 Å². The lowest BCUT2D eigenvalue weighted by Gasteiger charge is -2.19. The highest BCUT2D eigenvalue weighted by molar-refractivity contribution is 7.91. The summed E-state index contributed by atoms with van der Waals surface area (Å²) in [5, 5.41) is 3.48. The average Bonchev–Trinajstić information content (AvgIpc) is 3.11. The Hall–Kier alpha value is -1.07. The first kappa shape index (κ1) is 13.9. The molecule has 20 heavy (non-hydrogen) atoms. The fourth-order valence-corrected chi connectivity index (χ4v) is 4.82. The van der Waals surface area contributed by atoms with Crippen molar-refractivity contribution in [3.05, 3.63) is 34.9 Å². The highest BCUT2D eigenvalue weighted by atomic mass is 35.5. The molecule has 1 unspecified atom stereocenters.